The van der Waals surface area contributed by atoms with Crippen LogP contribution in [0.5, 0.6) is 11.5 Å². The van der Waals surface area contributed by atoms with Crippen LogP contribution in [0.15, 0.2) is 48.5 Å². The van der Waals surface area contributed by atoms with Gasteiger partial charge in [0, 0.05) is 18.7 Å². The highest BCUT2D eigenvalue weighted by molar-refractivity contribution is 7.92. The maximum absolute atomic E-state index is 14.0. The first-order valence-electron chi connectivity index (χ1n) is 14.4. The third-order valence-electron chi connectivity index (χ3n) is 7.61. The number of anilines is 1. The Hall–Kier alpha value is -3.27. The molecule has 0 spiro atoms. The van der Waals surface area contributed by atoms with E-state index in [9.17, 15) is 18.0 Å². The van der Waals surface area contributed by atoms with E-state index in [-0.39, 0.29) is 17.7 Å². The molecule has 4 rings (SSSR count). The number of hydrogen-bond donors (Lipinski definition) is 1. The number of amides is 2. The summed E-state index contributed by atoms with van der Waals surface area (Å²) >= 11 is 0. The largest absolute Gasteiger partial charge is 0.486 e. The van der Waals surface area contributed by atoms with E-state index in [1.165, 1.54) is 6.42 Å². The predicted octanol–water partition coefficient (Wildman–Crippen LogP) is 3.91. The van der Waals surface area contributed by atoms with E-state index in [0.717, 1.165) is 35.6 Å². The highest BCUT2D eigenvalue weighted by atomic mass is 32.2. The number of nitrogens with zero attached hydrogens (tertiary/aromatic N) is 2. The first-order chi connectivity index (χ1) is 19.3. The van der Waals surface area contributed by atoms with Gasteiger partial charge in [0.25, 0.3) is 0 Å². The summed E-state index contributed by atoms with van der Waals surface area (Å²) in [7, 11) is -3.82. The molecule has 1 fully saturated rings. The van der Waals surface area contributed by atoms with Crippen molar-refractivity contribution in [2.45, 2.75) is 70.9 Å². The van der Waals surface area contributed by atoms with Gasteiger partial charge in [-0.15, -0.1) is 0 Å². The van der Waals surface area contributed by atoms with Gasteiger partial charge in [0.2, 0.25) is 21.8 Å². The number of carbonyl (C=O) groups excluding carboxylic acids is 2. The van der Waals surface area contributed by atoms with Gasteiger partial charge >= 0.3 is 0 Å². The van der Waals surface area contributed by atoms with Crippen molar-refractivity contribution in [2.24, 2.45) is 0 Å². The Morgan fingerprint density at radius 3 is 2.35 bits per heavy atom. The SMILES string of the molecule is CC[C@@H](C(=O)NC1CCCCC1)N(CCc1ccccc1)C(=O)CN(c1ccc2c(c1)OCCO2)S(=O)(=O)CC. The summed E-state index contributed by atoms with van der Waals surface area (Å²) in [4.78, 5) is 29.0. The fourth-order valence-corrected chi connectivity index (χ4v) is 6.40. The summed E-state index contributed by atoms with van der Waals surface area (Å²) in [6.45, 7) is 4.08. The second kappa shape index (κ2) is 13.9. The Kier molecular flexibility index (Phi) is 10.3. The lowest BCUT2D eigenvalue weighted by molar-refractivity contribution is -0.140. The zero-order valence-corrected chi connectivity index (χ0v) is 24.3. The van der Waals surface area contributed by atoms with Crippen LogP contribution in [0.2, 0.25) is 0 Å². The third kappa shape index (κ3) is 7.47. The molecule has 0 bridgehead atoms. The second-order valence-electron chi connectivity index (χ2n) is 10.3. The number of benzene rings is 2. The highest BCUT2D eigenvalue weighted by Crippen LogP contribution is 2.35. The van der Waals surface area contributed by atoms with Crippen molar-refractivity contribution in [1.82, 2.24) is 10.2 Å². The van der Waals surface area contributed by atoms with Crippen LogP contribution in [0.4, 0.5) is 5.69 Å². The molecule has 1 heterocycles. The topological polar surface area (TPSA) is 105 Å². The lowest BCUT2D eigenvalue weighted by Gasteiger charge is -2.34. The van der Waals surface area contributed by atoms with E-state index in [1.807, 2.05) is 37.3 Å². The summed E-state index contributed by atoms with van der Waals surface area (Å²) < 4.78 is 38.9. The molecule has 2 amide bonds. The molecule has 2 aliphatic rings. The molecule has 1 saturated carbocycles. The number of carbonyl (C=O) groups is 2. The Labute approximate surface area is 237 Å². The minimum Gasteiger partial charge on any atom is -0.486 e. The minimum absolute atomic E-state index is 0.107. The molecule has 40 heavy (non-hydrogen) atoms. The Morgan fingerprint density at radius 2 is 1.68 bits per heavy atom. The second-order valence-corrected chi connectivity index (χ2v) is 12.5. The molecule has 10 heteroatoms. The standard InChI is InChI=1S/C30H41N3O6S/c1-3-26(30(35)31-24-13-9-6-10-14-24)32(18-17-23-11-7-5-8-12-23)29(34)22-33(40(36,37)4-2)25-15-16-27-28(21-25)39-20-19-38-27/h5,7-8,11-12,15-16,21,24,26H,3-4,6,9-10,13-14,17-20,22H2,1-2H3,(H,31,35)/t26-/m0/s1. The van der Waals surface area contributed by atoms with Crippen LogP contribution in [0.3, 0.4) is 0 Å². The van der Waals surface area contributed by atoms with E-state index in [1.54, 1.807) is 30.0 Å². The highest BCUT2D eigenvalue weighted by Gasteiger charge is 2.33. The molecular formula is C30H41N3O6S. The van der Waals surface area contributed by atoms with Crippen molar-refractivity contribution < 1.29 is 27.5 Å². The number of hydrogen-bond acceptors (Lipinski definition) is 6. The maximum atomic E-state index is 14.0. The molecule has 1 aliphatic heterocycles. The zero-order valence-electron chi connectivity index (χ0n) is 23.5. The van der Waals surface area contributed by atoms with Crippen LogP contribution >= 0.6 is 0 Å². The molecule has 0 unspecified atom stereocenters. The Balaban J connectivity index is 1.60. The predicted molar refractivity (Wildman–Crippen MR) is 155 cm³/mol. The summed E-state index contributed by atoms with van der Waals surface area (Å²) in [5.74, 6) is 0.184. The quantitative estimate of drug-likeness (QED) is 0.414. The number of fused-ring (bicyclic) bond motifs is 1. The molecule has 0 aromatic heterocycles. The van der Waals surface area contributed by atoms with E-state index in [0.29, 0.717) is 49.8 Å². The van der Waals surface area contributed by atoms with Gasteiger partial charge in [-0.25, -0.2) is 8.42 Å². The van der Waals surface area contributed by atoms with Crippen LogP contribution in [0.1, 0.15) is 57.9 Å². The summed E-state index contributed by atoms with van der Waals surface area (Å²) in [6.07, 6.45) is 6.18. The van der Waals surface area contributed by atoms with Crippen LogP contribution < -0.4 is 19.1 Å². The van der Waals surface area contributed by atoms with E-state index in [2.05, 4.69) is 5.32 Å². The van der Waals surface area contributed by atoms with E-state index >= 15 is 0 Å². The normalized spacial score (nSPS) is 16.1. The summed E-state index contributed by atoms with van der Waals surface area (Å²) in [5.41, 5.74) is 1.36. The van der Waals surface area contributed by atoms with Gasteiger partial charge in [-0.05, 0) is 50.3 Å². The molecule has 9 nitrogen and oxygen atoms in total. The number of ether oxygens (including phenoxy) is 2. The fourth-order valence-electron chi connectivity index (χ4n) is 5.35. The molecule has 0 radical (unpaired) electrons. The Bertz CT molecular complexity index is 1250. The van der Waals surface area contributed by atoms with Crippen molar-refractivity contribution in [3.63, 3.8) is 0 Å². The van der Waals surface area contributed by atoms with Gasteiger partial charge in [0.1, 0.15) is 25.8 Å². The summed E-state index contributed by atoms with van der Waals surface area (Å²) in [6, 6.07) is 14.0. The van der Waals surface area contributed by atoms with Crippen molar-refractivity contribution in [3.8, 4) is 11.5 Å². The lowest BCUT2D eigenvalue weighted by atomic mass is 9.95. The van der Waals surface area contributed by atoms with Gasteiger partial charge in [-0.2, -0.15) is 0 Å². The van der Waals surface area contributed by atoms with Crippen LogP contribution in [0.25, 0.3) is 0 Å². The number of sulfonamides is 1. The van der Waals surface area contributed by atoms with Gasteiger partial charge in [0.05, 0.1) is 11.4 Å². The van der Waals surface area contributed by atoms with Gasteiger partial charge in [-0.1, -0.05) is 56.5 Å². The molecule has 1 atom stereocenters. The molecule has 2 aromatic carbocycles. The number of rotatable bonds is 12. The lowest BCUT2D eigenvalue weighted by Crippen LogP contribution is -2.54. The Morgan fingerprint density at radius 1 is 0.975 bits per heavy atom. The smallest absolute Gasteiger partial charge is 0.244 e. The van der Waals surface area contributed by atoms with Crippen molar-refractivity contribution >= 4 is 27.5 Å². The molecule has 1 N–H and O–H groups in total. The molecule has 0 saturated heterocycles. The van der Waals surface area contributed by atoms with Gasteiger partial charge in [-0.3, -0.25) is 13.9 Å². The van der Waals surface area contributed by atoms with Gasteiger partial charge < -0.3 is 19.7 Å². The number of nitrogens with one attached hydrogen (secondary N) is 1. The molecule has 218 valence electrons. The van der Waals surface area contributed by atoms with Crippen molar-refractivity contribution in [3.05, 3.63) is 54.1 Å². The third-order valence-corrected chi connectivity index (χ3v) is 9.36. The van der Waals surface area contributed by atoms with Gasteiger partial charge in [0.15, 0.2) is 11.5 Å². The van der Waals surface area contributed by atoms with Crippen molar-refractivity contribution in [1.29, 1.82) is 0 Å². The first kappa shape index (κ1) is 29.7. The average molecular weight is 572 g/mol. The first-order valence-corrected chi connectivity index (χ1v) is 16.0. The van der Waals surface area contributed by atoms with Crippen LogP contribution in [0, 0.1) is 0 Å². The molecule has 2 aromatic rings. The van der Waals surface area contributed by atoms with Crippen LogP contribution in [-0.4, -0.2) is 69.3 Å². The average Bonchev–Trinajstić information content (AvgIpc) is 2.98. The van der Waals surface area contributed by atoms with E-state index < -0.39 is 28.5 Å². The van der Waals surface area contributed by atoms with E-state index in [4.69, 9.17) is 9.47 Å². The maximum Gasteiger partial charge on any atom is 0.244 e. The minimum atomic E-state index is -3.82. The molecule has 1 aliphatic carbocycles. The van der Waals surface area contributed by atoms with Crippen molar-refractivity contribution in [2.75, 3.05) is 36.4 Å². The molecular weight excluding hydrogens is 530 g/mol. The summed E-state index contributed by atoms with van der Waals surface area (Å²) in [5, 5.41) is 3.17. The fraction of sp³-hybridized carbons (Fsp3) is 0.533. The van der Waals surface area contributed by atoms with Crippen LogP contribution in [-0.2, 0) is 26.0 Å². The monoisotopic (exact) mass is 571 g/mol. The zero-order chi connectivity index (χ0) is 28.5.